The minimum atomic E-state index is -0.466. The number of halogens is 2. The zero-order valence-corrected chi connectivity index (χ0v) is 13.0. The van der Waals surface area contributed by atoms with E-state index in [-0.39, 0.29) is 17.4 Å². The molecule has 1 saturated heterocycles. The summed E-state index contributed by atoms with van der Waals surface area (Å²) in [5, 5.41) is 0. The molecule has 2 amide bonds. The molecule has 1 aliphatic heterocycles. The van der Waals surface area contributed by atoms with Gasteiger partial charge in [-0.3, -0.25) is 9.59 Å². The maximum Gasteiger partial charge on any atom is 0.255 e. The van der Waals surface area contributed by atoms with Gasteiger partial charge in [0.1, 0.15) is 11.9 Å². The van der Waals surface area contributed by atoms with Gasteiger partial charge in [0.25, 0.3) is 5.91 Å². The molecule has 1 atom stereocenters. The smallest absolute Gasteiger partial charge is 0.255 e. The van der Waals surface area contributed by atoms with Crippen molar-refractivity contribution in [1.29, 1.82) is 0 Å². The van der Waals surface area contributed by atoms with Crippen LogP contribution in [0, 0.1) is 5.82 Å². The molecular weight excluding hydrogens is 327 g/mol. The molecule has 1 unspecified atom stereocenters. The van der Waals surface area contributed by atoms with Crippen molar-refractivity contribution in [3.05, 3.63) is 34.1 Å². The van der Waals surface area contributed by atoms with Crippen LogP contribution in [0.3, 0.4) is 0 Å². The van der Waals surface area contributed by atoms with Gasteiger partial charge >= 0.3 is 0 Å². The van der Waals surface area contributed by atoms with Gasteiger partial charge in [-0.2, -0.15) is 0 Å². The van der Waals surface area contributed by atoms with Gasteiger partial charge in [0.05, 0.1) is 5.56 Å². The maximum atomic E-state index is 13.3. The maximum absolute atomic E-state index is 13.3. The first-order valence-electron chi connectivity index (χ1n) is 6.39. The van der Waals surface area contributed by atoms with Gasteiger partial charge < -0.3 is 9.80 Å². The van der Waals surface area contributed by atoms with E-state index in [2.05, 4.69) is 15.9 Å². The Hall–Kier alpha value is -1.43. The fourth-order valence-electron chi connectivity index (χ4n) is 2.38. The normalized spacial score (nSPS) is 18.2. The summed E-state index contributed by atoms with van der Waals surface area (Å²) in [6, 6.07) is 3.53. The topological polar surface area (TPSA) is 40.6 Å². The van der Waals surface area contributed by atoms with E-state index in [4.69, 9.17) is 0 Å². The Morgan fingerprint density at radius 2 is 2.10 bits per heavy atom. The molecule has 1 fully saturated rings. The van der Waals surface area contributed by atoms with E-state index in [1.165, 1.54) is 28.0 Å². The van der Waals surface area contributed by atoms with Gasteiger partial charge in [-0.1, -0.05) is 0 Å². The molecule has 2 rings (SSSR count). The summed E-state index contributed by atoms with van der Waals surface area (Å²) in [6.07, 6.45) is 1.43. The summed E-state index contributed by atoms with van der Waals surface area (Å²) in [5.74, 6) is -0.872. The number of hydrogen-bond acceptors (Lipinski definition) is 2. The number of carbonyl (C=O) groups is 2. The molecule has 0 aliphatic carbocycles. The van der Waals surface area contributed by atoms with Crippen LogP contribution in [0.4, 0.5) is 4.39 Å². The number of likely N-dealkylation sites (N-methyl/N-ethyl adjacent to an activating group) is 1. The van der Waals surface area contributed by atoms with Crippen molar-refractivity contribution in [3.8, 4) is 0 Å². The number of likely N-dealkylation sites (tertiary alicyclic amines) is 1. The van der Waals surface area contributed by atoms with Crippen molar-refractivity contribution in [3.63, 3.8) is 0 Å². The minimum Gasteiger partial charge on any atom is -0.347 e. The molecule has 0 bridgehead atoms. The Balaban J connectivity index is 2.28. The van der Waals surface area contributed by atoms with Gasteiger partial charge in [0.15, 0.2) is 0 Å². The number of hydrogen-bond donors (Lipinski definition) is 0. The van der Waals surface area contributed by atoms with Crippen molar-refractivity contribution in [2.75, 3.05) is 20.6 Å². The lowest BCUT2D eigenvalue weighted by Gasteiger charge is -2.26. The number of nitrogens with zero attached hydrogens (tertiary/aromatic N) is 2. The van der Waals surface area contributed by atoms with Gasteiger partial charge in [-0.15, -0.1) is 0 Å². The summed E-state index contributed by atoms with van der Waals surface area (Å²) in [4.78, 5) is 27.6. The third-order valence-corrected chi connectivity index (χ3v) is 4.09. The molecule has 1 aromatic rings. The molecule has 6 heteroatoms. The van der Waals surface area contributed by atoms with Crippen molar-refractivity contribution < 1.29 is 14.0 Å². The second-order valence-electron chi connectivity index (χ2n) is 5.01. The van der Waals surface area contributed by atoms with E-state index < -0.39 is 11.9 Å². The van der Waals surface area contributed by atoms with E-state index in [0.29, 0.717) is 17.4 Å². The molecule has 0 saturated carbocycles. The van der Waals surface area contributed by atoms with Crippen LogP contribution >= 0.6 is 15.9 Å². The highest BCUT2D eigenvalue weighted by atomic mass is 79.9. The molecule has 4 nitrogen and oxygen atoms in total. The zero-order valence-electron chi connectivity index (χ0n) is 11.4. The fourth-order valence-corrected chi connectivity index (χ4v) is 2.80. The second kappa shape index (κ2) is 5.91. The Morgan fingerprint density at radius 1 is 1.40 bits per heavy atom. The van der Waals surface area contributed by atoms with Gasteiger partial charge in [0, 0.05) is 25.1 Å². The van der Waals surface area contributed by atoms with Crippen molar-refractivity contribution in [2.24, 2.45) is 0 Å². The third kappa shape index (κ3) is 2.85. The Bertz CT molecular complexity index is 548. The quantitative estimate of drug-likeness (QED) is 0.827. The van der Waals surface area contributed by atoms with Crippen LogP contribution in [-0.2, 0) is 4.79 Å². The van der Waals surface area contributed by atoms with E-state index in [1.807, 2.05) is 0 Å². The van der Waals surface area contributed by atoms with Crippen LogP contribution in [0.2, 0.25) is 0 Å². The first-order chi connectivity index (χ1) is 9.41. The molecule has 0 aromatic heterocycles. The molecule has 0 N–H and O–H groups in total. The summed E-state index contributed by atoms with van der Waals surface area (Å²) in [7, 11) is 3.34. The average Bonchev–Trinajstić information content (AvgIpc) is 2.88. The van der Waals surface area contributed by atoms with Crippen LogP contribution in [0.1, 0.15) is 23.2 Å². The first-order valence-corrected chi connectivity index (χ1v) is 7.18. The molecule has 1 aromatic carbocycles. The van der Waals surface area contributed by atoms with E-state index in [9.17, 15) is 14.0 Å². The molecule has 20 heavy (non-hydrogen) atoms. The summed E-state index contributed by atoms with van der Waals surface area (Å²) < 4.78 is 13.8. The largest absolute Gasteiger partial charge is 0.347 e. The predicted molar refractivity (Wildman–Crippen MR) is 76.9 cm³/mol. The summed E-state index contributed by atoms with van der Waals surface area (Å²) in [5.41, 5.74) is 0.253. The van der Waals surface area contributed by atoms with E-state index >= 15 is 0 Å². The van der Waals surface area contributed by atoms with Crippen LogP contribution in [0.15, 0.2) is 22.7 Å². The van der Waals surface area contributed by atoms with Crippen molar-refractivity contribution in [2.45, 2.75) is 18.9 Å². The van der Waals surface area contributed by atoms with Crippen LogP contribution in [-0.4, -0.2) is 48.3 Å². The number of rotatable bonds is 2. The summed E-state index contributed by atoms with van der Waals surface area (Å²) in [6.45, 7) is 0.520. The zero-order chi connectivity index (χ0) is 14.9. The Morgan fingerprint density at radius 3 is 2.75 bits per heavy atom. The Labute approximate surface area is 125 Å². The number of benzene rings is 1. The fraction of sp³-hybridized carbons (Fsp3) is 0.429. The number of amides is 2. The average molecular weight is 343 g/mol. The highest BCUT2D eigenvalue weighted by molar-refractivity contribution is 9.10. The summed E-state index contributed by atoms with van der Waals surface area (Å²) >= 11 is 3.25. The molecule has 1 heterocycles. The van der Waals surface area contributed by atoms with Crippen molar-refractivity contribution in [1.82, 2.24) is 9.80 Å². The highest BCUT2D eigenvalue weighted by Crippen LogP contribution is 2.25. The molecular formula is C14H16BrFN2O2. The lowest BCUT2D eigenvalue weighted by atomic mass is 10.1. The molecule has 0 spiro atoms. The second-order valence-corrected chi connectivity index (χ2v) is 5.87. The van der Waals surface area contributed by atoms with E-state index in [0.717, 1.165) is 6.42 Å². The Kier molecular flexibility index (Phi) is 4.42. The van der Waals surface area contributed by atoms with E-state index in [1.54, 1.807) is 14.1 Å². The van der Waals surface area contributed by atoms with Crippen LogP contribution in [0.5, 0.6) is 0 Å². The first kappa shape index (κ1) is 15.0. The van der Waals surface area contributed by atoms with Gasteiger partial charge in [-0.05, 0) is 47.0 Å². The van der Waals surface area contributed by atoms with Crippen LogP contribution in [0.25, 0.3) is 0 Å². The van der Waals surface area contributed by atoms with Gasteiger partial charge in [0.2, 0.25) is 5.91 Å². The van der Waals surface area contributed by atoms with Crippen LogP contribution < -0.4 is 0 Å². The molecule has 108 valence electrons. The lowest BCUT2D eigenvalue weighted by Crippen LogP contribution is -2.45. The lowest BCUT2D eigenvalue weighted by molar-refractivity contribution is -0.132. The van der Waals surface area contributed by atoms with Crippen molar-refractivity contribution >= 4 is 27.7 Å². The number of carbonyl (C=O) groups excluding carboxylic acids is 2. The predicted octanol–water partition coefficient (Wildman–Crippen LogP) is 2.28. The SMILES string of the molecule is CN(C)C(=O)C1CCCN1C(=O)c1cc(F)ccc1Br. The minimum absolute atomic E-state index is 0.0941. The monoisotopic (exact) mass is 342 g/mol. The standard InChI is InChI=1S/C14H16BrFN2O2/c1-17(2)14(20)12-4-3-7-18(12)13(19)10-8-9(16)5-6-11(10)15/h5-6,8,12H,3-4,7H2,1-2H3. The third-order valence-electron chi connectivity index (χ3n) is 3.40. The molecule has 1 aliphatic rings. The van der Waals surface area contributed by atoms with Gasteiger partial charge in [-0.25, -0.2) is 4.39 Å². The molecule has 0 radical (unpaired) electrons. The highest BCUT2D eigenvalue weighted by Gasteiger charge is 2.35.